The minimum absolute atomic E-state index is 0.174. The Morgan fingerprint density at radius 3 is 2.67 bits per heavy atom. The van der Waals surface area contributed by atoms with Gasteiger partial charge in [0.2, 0.25) is 4.96 Å². The van der Waals surface area contributed by atoms with Gasteiger partial charge in [0, 0.05) is 5.56 Å². The van der Waals surface area contributed by atoms with Gasteiger partial charge in [0.05, 0.1) is 17.7 Å². The molecule has 0 amide bonds. The third-order valence-corrected chi connectivity index (χ3v) is 5.55. The number of hydrogen-bond acceptors (Lipinski definition) is 6. The maximum atomic E-state index is 12.9. The zero-order valence-electron chi connectivity index (χ0n) is 17.2. The van der Waals surface area contributed by atoms with E-state index in [1.807, 2.05) is 62.4 Å². The van der Waals surface area contributed by atoms with Gasteiger partial charge in [0.15, 0.2) is 17.3 Å². The number of ether oxygens (including phenoxy) is 2. The van der Waals surface area contributed by atoms with Crippen LogP contribution in [0.3, 0.4) is 0 Å². The van der Waals surface area contributed by atoms with E-state index in [1.54, 1.807) is 0 Å². The zero-order valence-corrected chi connectivity index (χ0v) is 18.0. The second kappa shape index (κ2) is 8.67. The predicted molar refractivity (Wildman–Crippen MR) is 119 cm³/mol. The molecule has 2 aromatic heterocycles. The van der Waals surface area contributed by atoms with Crippen LogP contribution in [-0.4, -0.2) is 27.8 Å². The van der Waals surface area contributed by atoms with Crippen LogP contribution < -0.4 is 19.6 Å². The molecule has 4 rings (SSSR count). The van der Waals surface area contributed by atoms with Gasteiger partial charge in [-0.2, -0.15) is 9.50 Å². The van der Waals surface area contributed by atoms with Crippen molar-refractivity contribution in [1.29, 1.82) is 0 Å². The molecule has 2 heterocycles. The van der Waals surface area contributed by atoms with Gasteiger partial charge >= 0.3 is 0 Å². The first-order valence-electron chi connectivity index (χ1n) is 9.97. The number of nitrogens with zero attached hydrogens (tertiary/aromatic N) is 3. The minimum atomic E-state index is -0.174. The number of aryl methyl sites for hydroxylation is 1. The van der Waals surface area contributed by atoms with E-state index >= 15 is 0 Å². The van der Waals surface area contributed by atoms with E-state index < -0.39 is 0 Å². The van der Waals surface area contributed by atoms with Crippen molar-refractivity contribution in [3.63, 3.8) is 0 Å². The molecule has 154 valence electrons. The quantitative estimate of drug-likeness (QED) is 0.453. The molecule has 0 aliphatic rings. The lowest BCUT2D eigenvalue weighted by atomic mass is 10.1. The van der Waals surface area contributed by atoms with Gasteiger partial charge in [0.25, 0.3) is 5.56 Å². The van der Waals surface area contributed by atoms with Crippen LogP contribution in [0.4, 0.5) is 0 Å². The number of fused-ring (bicyclic) bond motifs is 1. The second-order valence-electron chi connectivity index (χ2n) is 6.85. The van der Waals surface area contributed by atoms with Gasteiger partial charge in [-0.05, 0) is 49.6 Å². The molecule has 6 nitrogen and oxygen atoms in total. The van der Waals surface area contributed by atoms with Crippen LogP contribution in [0.5, 0.6) is 11.5 Å². The summed E-state index contributed by atoms with van der Waals surface area (Å²) in [5.74, 6) is 1.95. The molecular formula is C23H23N3O3S. The first-order valence-corrected chi connectivity index (χ1v) is 10.8. The highest BCUT2D eigenvalue weighted by Crippen LogP contribution is 2.29. The number of thiazole rings is 1. The van der Waals surface area contributed by atoms with Gasteiger partial charge in [-0.1, -0.05) is 48.6 Å². The number of aromatic nitrogens is 3. The van der Waals surface area contributed by atoms with Crippen molar-refractivity contribution in [2.45, 2.75) is 27.2 Å². The van der Waals surface area contributed by atoms with Gasteiger partial charge in [-0.3, -0.25) is 4.79 Å². The molecule has 0 saturated carbocycles. The average molecular weight is 422 g/mol. The zero-order chi connectivity index (χ0) is 21.1. The summed E-state index contributed by atoms with van der Waals surface area (Å²) < 4.78 is 13.4. The van der Waals surface area contributed by atoms with Crippen molar-refractivity contribution >= 4 is 22.4 Å². The standard InChI is InChI=1S/C23H23N3O3S/c1-4-12-29-18-11-10-16(13-19(18)28-5-2)14-20-22(27)26-23(30-20)24-21(25-26)17-9-7-6-8-15(17)3/h6-11,13-14H,4-5,12H2,1-3H3. The van der Waals surface area contributed by atoms with E-state index in [2.05, 4.69) is 17.0 Å². The summed E-state index contributed by atoms with van der Waals surface area (Å²) >= 11 is 1.33. The molecular weight excluding hydrogens is 398 g/mol. The lowest BCUT2D eigenvalue weighted by Gasteiger charge is -2.11. The maximum Gasteiger partial charge on any atom is 0.291 e. The van der Waals surface area contributed by atoms with Crippen LogP contribution in [0.1, 0.15) is 31.4 Å². The first-order chi connectivity index (χ1) is 14.6. The molecule has 4 aromatic rings. The fourth-order valence-corrected chi connectivity index (χ4v) is 4.04. The van der Waals surface area contributed by atoms with Crippen LogP contribution in [-0.2, 0) is 0 Å². The monoisotopic (exact) mass is 421 g/mol. The van der Waals surface area contributed by atoms with Crippen molar-refractivity contribution in [2.24, 2.45) is 0 Å². The predicted octanol–water partition coefficient (Wildman–Crippen LogP) is 3.86. The van der Waals surface area contributed by atoms with Crippen molar-refractivity contribution in [3.8, 4) is 22.9 Å². The Bertz CT molecular complexity index is 1290. The Hall–Kier alpha value is -3.19. The molecule has 0 N–H and O–H groups in total. The summed E-state index contributed by atoms with van der Waals surface area (Å²) in [5, 5.41) is 4.44. The Labute approximate surface area is 178 Å². The molecule has 0 radical (unpaired) electrons. The largest absolute Gasteiger partial charge is 0.490 e. The fraction of sp³-hybridized carbons (Fsp3) is 0.261. The SMILES string of the molecule is CCCOc1ccc(C=c2sc3nc(-c4ccccc4C)nn3c2=O)cc1OCC. The summed E-state index contributed by atoms with van der Waals surface area (Å²) in [6.07, 6.45) is 2.76. The summed E-state index contributed by atoms with van der Waals surface area (Å²) in [6.45, 7) is 7.17. The molecule has 0 aliphatic carbocycles. The summed E-state index contributed by atoms with van der Waals surface area (Å²) in [7, 11) is 0. The van der Waals surface area contributed by atoms with Crippen molar-refractivity contribution in [1.82, 2.24) is 14.6 Å². The molecule has 0 fully saturated rings. The highest BCUT2D eigenvalue weighted by molar-refractivity contribution is 7.15. The van der Waals surface area contributed by atoms with Gasteiger partial charge in [0.1, 0.15) is 0 Å². The van der Waals surface area contributed by atoms with E-state index in [0.29, 0.717) is 40.0 Å². The van der Waals surface area contributed by atoms with E-state index in [1.165, 1.54) is 15.9 Å². The van der Waals surface area contributed by atoms with Gasteiger partial charge in [-0.15, -0.1) is 5.10 Å². The highest BCUT2D eigenvalue weighted by atomic mass is 32.1. The third kappa shape index (κ3) is 3.93. The second-order valence-corrected chi connectivity index (χ2v) is 7.86. The Kier molecular flexibility index (Phi) is 5.81. The molecule has 2 aromatic carbocycles. The van der Waals surface area contributed by atoms with Crippen molar-refractivity contribution in [2.75, 3.05) is 13.2 Å². The lowest BCUT2D eigenvalue weighted by molar-refractivity contribution is 0.277. The van der Waals surface area contributed by atoms with E-state index in [4.69, 9.17) is 9.47 Å². The third-order valence-electron chi connectivity index (χ3n) is 4.59. The van der Waals surface area contributed by atoms with E-state index in [0.717, 1.165) is 23.1 Å². The minimum Gasteiger partial charge on any atom is -0.490 e. The molecule has 0 atom stereocenters. The Morgan fingerprint density at radius 1 is 1.10 bits per heavy atom. The van der Waals surface area contributed by atoms with Crippen LogP contribution in [0.2, 0.25) is 0 Å². The van der Waals surface area contributed by atoms with Crippen LogP contribution in [0.15, 0.2) is 47.3 Å². The molecule has 0 bridgehead atoms. The number of rotatable bonds is 7. The first kappa shape index (κ1) is 20.1. The Balaban J connectivity index is 1.72. The number of benzene rings is 2. The fourth-order valence-electron chi connectivity index (χ4n) is 3.14. The molecule has 30 heavy (non-hydrogen) atoms. The summed E-state index contributed by atoms with van der Waals surface area (Å²) in [4.78, 5) is 18.0. The molecule has 0 unspecified atom stereocenters. The van der Waals surface area contributed by atoms with Crippen LogP contribution in [0, 0.1) is 6.92 Å². The summed E-state index contributed by atoms with van der Waals surface area (Å²) in [5.41, 5.74) is 2.70. The Morgan fingerprint density at radius 2 is 1.93 bits per heavy atom. The van der Waals surface area contributed by atoms with Gasteiger partial charge < -0.3 is 9.47 Å². The van der Waals surface area contributed by atoms with E-state index in [-0.39, 0.29) is 5.56 Å². The van der Waals surface area contributed by atoms with Crippen LogP contribution >= 0.6 is 11.3 Å². The topological polar surface area (TPSA) is 65.7 Å². The van der Waals surface area contributed by atoms with Crippen LogP contribution in [0.25, 0.3) is 22.4 Å². The smallest absolute Gasteiger partial charge is 0.291 e. The number of hydrogen-bond donors (Lipinski definition) is 0. The molecule has 0 aliphatic heterocycles. The average Bonchev–Trinajstić information content (AvgIpc) is 3.27. The normalized spacial score (nSPS) is 11.9. The maximum absolute atomic E-state index is 12.9. The van der Waals surface area contributed by atoms with Crippen molar-refractivity contribution < 1.29 is 9.47 Å². The molecule has 0 spiro atoms. The summed E-state index contributed by atoms with van der Waals surface area (Å²) in [6, 6.07) is 13.6. The highest BCUT2D eigenvalue weighted by Gasteiger charge is 2.13. The lowest BCUT2D eigenvalue weighted by Crippen LogP contribution is -2.23. The van der Waals surface area contributed by atoms with Crippen molar-refractivity contribution in [3.05, 3.63) is 68.5 Å². The van der Waals surface area contributed by atoms with Gasteiger partial charge in [-0.25, -0.2) is 0 Å². The van der Waals surface area contributed by atoms with E-state index in [9.17, 15) is 4.79 Å². The molecule has 0 saturated heterocycles. The molecule has 7 heteroatoms.